The first-order valence-electron chi connectivity index (χ1n) is 8.23. The number of nitrogens with zero attached hydrogens (tertiary/aromatic N) is 2. The van der Waals surface area contributed by atoms with Crippen LogP contribution in [0.25, 0.3) is 0 Å². The molecule has 0 bridgehead atoms. The van der Waals surface area contributed by atoms with Crippen molar-refractivity contribution in [2.24, 2.45) is 10.7 Å². The zero-order valence-corrected chi connectivity index (χ0v) is 17.4. The fourth-order valence-corrected chi connectivity index (χ4v) is 4.16. The number of nitrogens with two attached hydrogens (primary N) is 1. The summed E-state index contributed by atoms with van der Waals surface area (Å²) in [6.45, 7) is 4.83. The normalized spacial score (nSPS) is 14.0. The largest absolute Gasteiger partial charge is 0.370 e. The molecular weight excluding hydrogens is 431 g/mol. The highest BCUT2D eigenvalue weighted by Gasteiger charge is 2.14. The summed E-state index contributed by atoms with van der Waals surface area (Å²) in [6.07, 6.45) is 5.80. The van der Waals surface area contributed by atoms with E-state index in [4.69, 9.17) is 10.7 Å². The molecule has 2 aromatic rings. The number of aryl methyl sites for hydroxylation is 4. The van der Waals surface area contributed by atoms with E-state index >= 15 is 0 Å². The van der Waals surface area contributed by atoms with Crippen molar-refractivity contribution >= 4 is 47.0 Å². The molecule has 0 saturated carbocycles. The first-order chi connectivity index (χ1) is 11.1. The first-order valence-corrected chi connectivity index (χ1v) is 9.04. The highest BCUT2D eigenvalue weighted by molar-refractivity contribution is 14.0. The lowest BCUT2D eigenvalue weighted by atomic mass is 10.0. The van der Waals surface area contributed by atoms with Crippen molar-refractivity contribution in [2.75, 3.05) is 11.9 Å². The molecule has 3 rings (SSSR count). The number of fused-ring (bicyclic) bond motifs is 1. The molecule has 1 aliphatic rings. The van der Waals surface area contributed by atoms with Crippen LogP contribution in [0.5, 0.6) is 0 Å². The maximum Gasteiger partial charge on any atom is 0.193 e. The third-order valence-electron chi connectivity index (χ3n) is 3.99. The van der Waals surface area contributed by atoms with E-state index in [0.717, 1.165) is 18.5 Å². The van der Waals surface area contributed by atoms with E-state index in [1.165, 1.54) is 46.0 Å². The van der Waals surface area contributed by atoms with Crippen molar-refractivity contribution in [3.8, 4) is 0 Å². The molecule has 3 N–H and O–H groups in total. The zero-order valence-electron chi connectivity index (χ0n) is 14.3. The van der Waals surface area contributed by atoms with E-state index in [-0.39, 0.29) is 24.0 Å². The van der Waals surface area contributed by atoms with Gasteiger partial charge in [0.1, 0.15) is 0 Å². The molecule has 0 spiro atoms. The molecule has 6 heteroatoms. The fourth-order valence-electron chi connectivity index (χ4n) is 3.02. The van der Waals surface area contributed by atoms with Crippen molar-refractivity contribution in [1.29, 1.82) is 0 Å². The van der Waals surface area contributed by atoms with Gasteiger partial charge in [-0.25, -0.2) is 4.98 Å². The Morgan fingerprint density at radius 2 is 1.92 bits per heavy atom. The maximum atomic E-state index is 5.99. The topological polar surface area (TPSA) is 63.3 Å². The number of hydrogen-bond acceptors (Lipinski definition) is 3. The Kier molecular flexibility index (Phi) is 7.03. The van der Waals surface area contributed by atoms with Crippen LogP contribution in [0, 0.1) is 13.8 Å². The highest BCUT2D eigenvalue weighted by Crippen LogP contribution is 2.26. The van der Waals surface area contributed by atoms with Gasteiger partial charge < -0.3 is 11.1 Å². The van der Waals surface area contributed by atoms with Gasteiger partial charge in [-0.15, -0.1) is 35.3 Å². The van der Waals surface area contributed by atoms with Crippen LogP contribution < -0.4 is 11.1 Å². The lowest BCUT2D eigenvalue weighted by Crippen LogP contribution is -2.23. The second-order valence-electron chi connectivity index (χ2n) is 6.20. The van der Waals surface area contributed by atoms with E-state index in [2.05, 4.69) is 42.4 Å². The van der Waals surface area contributed by atoms with Crippen molar-refractivity contribution in [3.05, 3.63) is 44.9 Å². The molecule has 1 aliphatic carbocycles. The van der Waals surface area contributed by atoms with Crippen molar-refractivity contribution in [1.82, 2.24) is 4.98 Å². The average Bonchev–Trinajstić information content (AvgIpc) is 2.88. The summed E-state index contributed by atoms with van der Waals surface area (Å²) in [5, 5.41) is 4.36. The lowest BCUT2D eigenvalue weighted by molar-refractivity contribution is 0.680. The van der Waals surface area contributed by atoms with Gasteiger partial charge >= 0.3 is 0 Å². The Bertz CT molecular complexity index is 680. The quantitative estimate of drug-likeness (QED) is 0.411. The van der Waals surface area contributed by atoms with E-state index in [1.54, 1.807) is 0 Å². The Morgan fingerprint density at radius 3 is 2.62 bits per heavy atom. The summed E-state index contributed by atoms with van der Waals surface area (Å²) in [5.74, 6) is 0.469. The number of rotatable bonds is 4. The van der Waals surface area contributed by atoms with Crippen LogP contribution in [0.1, 0.15) is 39.5 Å². The third-order valence-corrected chi connectivity index (χ3v) is 5.21. The van der Waals surface area contributed by atoms with E-state index < -0.39 is 0 Å². The van der Waals surface area contributed by atoms with Gasteiger partial charge in [-0.2, -0.15) is 0 Å². The molecule has 1 aromatic heterocycles. The van der Waals surface area contributed by atoms with Crippen LogP contribution in [0.4, 0.5) is 5.69 Å². The summed E-state index contributed by atoms with van der Waals surface area (Å²) in [7, 11) is 0. The van der Waals surface area contributed by atoms with E-state index in [1.807, 2.05) is 11.3 Å². The molecule has 0 unspecified atom stereocenters. The van der Waals surface area contributed by atoms with Gasteiger partial charge in [0, 0.05) is 23.5 Å². The van der Waals surface area contributed by atoms with Crippen LogP contribution in [-0.2, 0) is 19.3 Å². The molecule has 0 amide bonds. The van der Waals surface area contributed by atoms with Gasteiger partial charge in [-0.05, 0) is 62.8 Å². The van der Waals surface area contributed by atoms with Crippen LogP contribution in [0.15, 0.2) is 23.2 Å². The van der Waals surface area contributed by atoms with Crippen LogP contribution in [0.2, 0.25) is 0 Å². The van der Waals surface area contributed by atoms with E-state index in [0.29, 0.717) is 12.5 Å². The number of thiazole rings is 1. The zero-order chi connectivity index (χ0) is 16.2. The number of guanidine groups is 1. The molecular formula is C18H25IN4S. The van der Waals surface area contributed by atoms with Gasteiger partial charge in [-0.1, -0.05) is 6.07 Å². The number of hydrogen-bond donors (Lipinski definition) is 2. The summed E-state index contributed by atoms with van der Waals surface area (Å²) in [5.41, 5.74) is 10.7. The van der Waals surface area contributed by atoms with Gasteiger partial charge in [0.15, 0.2) is 5.96 Å². The lowest BCUT2D eigenvalue weighted by Gasteiger charge is -2.07. The average molecular weight is 456 g/mol. The molecule has 1 heterocycles. The minimum Gasteiger partial charge on any atom is -0.370 e. The molecule has 0 radical (unpaired) electrons. The number of anilines is 1. The monoisotopic (exact) mass is 456 g/mol. The van der Waals surface area contributed by atoms with Gasteiger partial charge in [0.05, 0.1) is 10.7 Å². The van der Waals surface area contributed by atoms with Crippen molar-refractivity contribution in [3.63, 3.8) is 0 Å². The molecule has 0 atom stereocenters. The summed E-state index contributed by atoms with van der Waals surface area (Å²) < 4.78 is 0. The minimum absolute atomic E-state index is 0. The number of benzene rings is 1. The fraction of sp³-hybridized carbons (Fsp3) is 0.444. The number of nitrogens with one attached hydrogen (secondary N) is 1. The van der Waals surface area contributed by atoms with Gasteiger partial charge in [0.2, 0.25) is 0 Å². The molecule has 1 aromatic carbocycles. The predicted molar refractivity (Wildman–Crippen MR) is 114 cm³/mol. The molecule has 0 fully saturated rings. The Balaban J connectivity index is 0.00000208. The first kappa shape index (κ1) is 19.2. The molecule has 4 nitrogen and oxygen atoms in total. The summed E-state index contributed by atoms with van der Waals surface area (Å²) in [6, 6.07) is 6.29. The van der Waals surface area contributed by atoms with Crippen LogP contribution in [0.3, 0.4) is 0 Å². The van der Waals surface area contributed by atoms with E-state index in [9.17, 15) is 0 Å². The second-order valence-corrected chi connectivity index (χ2v) is 7.37. The summed E-state index contributed by atoms with van der Waals surface area (Å²) >= 11 is 1.85. The third kappa shape index (κ3) is 5.17. The second kappa shape index (κ2) is 8.80. The Morgan fingerprint density at radius 1 is 1.21 bits per heavy atom. The molecule has 24 heavy (non-hydrogen) atoms. The highest BCUT2D eigenvalue weighted by atomic mass is 127. The number of halogens is 1. The van der Waals surface area contributed by atoms with Crippen LogP contribution in [-0.4, -0.2) is 17.5 Å². The molecule has 130 valence electrons. The predicted octanol–water partition coefficient (Wildman–Crippen LogP) is 4.23. The smallest absolute Gasteiger partial charge is 0.193 e. The van der Waals surface area contributed by atoms with Gasteiger partial charge in [0.25, 0.3) is 0 Å². The maximum absolute atomic E-state index is 5.99. The summed E-state index contributed by atoms with van der Waals surface area (Å²) in [4.78, 5) is 10.7. The standard InChI is InChI=1S/C18H24N4S.HI/c1-12-9-13(2)11-14(10-12)21-18(19)20-8-7-17-22-15-5-3-4-6-16(15)23-17;/h9-11H,3-8H2,1-2H3,(H3,19,20,21);1H. The number of aliphatic imine (C=N–C) groups is 1. The molecule has 0 saturated heterocycles. The minimum atomic E-state index is 0. The number of aromatic nitrogens is 1. The Labute approximate surface area is 165 Å². The van der Waals surface area contributed by atoms with Gasteiger partial charge in [-0.3, -0.25) is 4.99 Å². The Hall–Kier alpha value is -1.15. The van der Waals surface area contributed by atoms with Crippen LogP contribution >= 0.6 is 35.3 Å². The molecule has 0 aliphatic heterocycles. The van der Waals surface area contributed by atoms with Crippen molar-refractivity contribution in [2.45, 2.75) is 46.0 Å². The van der Waals surface area contributed by atoms with Crippen molar-refractivity contribution < 1.29 is 0 Å². The SMILES string of the molecule is Cc1cc(C)cc(NC(N)=NCCc2nc3c(s2)CCCC3)c1.I.